The summed E-state index contributed by atoms with van der Waals surface area (Å²) in [5.74, 6) is -0.664. The average molecular weight is 286 g/mol. The summed E-state index contributed by atoms with van der Waals surface area (Å²) in [4.78, 5) is 11.6. The zero-order valence-corrected chi connectivity index (χ0v) is 11.3. The minimum absolute atomic E-state index is 0.132. The molecular formula is C14H16F2O4. The molecule has 1 N–H and O–H groups in total. The van der Waals surface area contributed by atoms with Crippen molar-refractivity contribution in [2.24, 2.45) is 0 Å². The molecule has 1 fully saturated rings. The van der Waals surface area contributed by atoms with Crippen molar-refractivity contribution in [1.82, 2.24) is 0 Å². The number of carbonyl (C=O) groups is 1. The molecule has 1 aromatic rings. The van der Waals surface area contributed by atoms with Crippen LogP contribution < -0.4 is 9.47 Å². The van der Waals surface area contributed by atoms with Crippen LogP contribution in [0.5, 0.6) is 11.5 Å². The van der Waals surface area contributed by atoms with E-state index in [0.717, 1.165) is 6.42 Å². The largest absolute Gasteiger partial charge is 0.493 e. The van der Waals surface area contributed by atoms with Crippen LogP contribution in [0.2, 0.25) is 0 Å². The zero-order valence-electron chi connectivity index (χ0n) is 11.3. The van der Waals surface area contributed by atoms with Crippen molar-refractivity contribution >= 4 is 5.97 Å². The van der Waals surface area contributed by atoms with Gasteiger partial charge in [-0.1, -0.05) is 6.42 Å². The SMILES string of the molecule is COc1cc(C(F)F)cc(C2(C(=O)O)CCC2)c1OC. The molecule has 0 aliphatic heterocycles. The predicted octanol–water partition coefficient (Wildman–Crippen LogP) is 3.15. The topological polar surface area (TPSA) is 55.8 Å². The highest BCUT2D eigenvalue weighted by molar-refractivity contribution is 5.84. The van der Waals surface area contributed by atoms with Crippen LogP contribution in [-0.4, -0.2) is 25.3 Å². The maximum atomic E-state index is 13.0. The normalized spacial score (nSPS) is 16.6. The number of methoxy groups -OCH3 is 2. The third-order valence-electron chi connectivity index (χ3n) is 3.89. The number of carboxylic acid groups (broad SMARTS) is 1. The number of ether oxygens (including phenoxy) is 2. The van der Waals surface area contributed by atoms with Crippen LogP contribution >= 0.6 is 0 Å². The summed E-state index contributed by atoms with van der Waals surface area (Å²) in [5, 5.41) is 9.47. The van der Waals surface area contributed by atoms with E-state index in [2.05, 4.69) is 0 Å². The van der Waals surface area contributed by atoms with Gasteiger partial charge in [-0.2, -0.15) is 0 Å². The molecule has 1 aromatic carbocycles. The molecule has 2 rings (SSSR count). The highest BCUT2D eigenvalue weighted by atomic mass is 19.3. The molecule has 0 spiro atoms. The summed E-state index contributed by atoms with van der Waals surface area (Å²) in [6, 6.07) is 2.40. The Morgan fingerprint density at radius 1 is 1.30 bits per heavy atom. The molecule has 110 valence electrons. The fraction of sp³-hybridized carbons (Fsp3) is 0.500. The lowest BCUT2D eigenvalue weighted by atomic mass is 9.64. The van der Waals surface area contributed by atoms with Crippen LogP contribution in [0.1, 0.15) is 36.8 Å². The van der Waals surface area contributed by atoms with Gasteiger partial charge in [0.25, 0.3) is 6.43 Å². The molecule has 0 saturated heterocycles. The van der Waals surface area contributed by atoms with Gasteiger partial charge in [0.05, 0.1) is 19.6 Å². The van der Waals surface area contributed by atoms with E-state index >= 15 is 0 Å². The van der Waals surface area contributed by atoms with Gasteiger partial charge in [0.2, 0.25) is 0 Å². The molecule has 0 heterocycles. The average Bonchev–Trinajstić information content (AvgIpc) is 2.35. The Hall–Kier alpha value is -1.85. The molecule has 20 heavy (non-hydrogen) atoms. The molecule has 0 amide bonds. The van der Waals surface area contributed by atoms with E-state index in [1.165, 1.54) is 26.4 Å². The molecule has 1 aliphatic carbocycles. The highest BCUT2D eigenvalue weighted by Crippen LogP contribution is 2.50. The molecule has 6 heteroatoms. The Labute approximate surface area is 115 Å². The van der Waals surface area contributed by atoms with Gasteiger partial charge in [0, 0.05) is 11.1 Å². The third kappa shape index (κ3) is 2.09. The summed E-state index contributed by atoms with van der Waals surface area (Å²) in [5.41, 5.74) is -1.14. The number of alkyl halides is 2. The van der Waals surface area contributed by atoms with Crippen LogP contribution in [0.25, 0.3) is 0 Å². The fourth-order valence-electron chi connectivity index (χ4n) is 2.60. The van der Waals surface area contributed by atoms with Gasteiger partial charge in [0.1, 0.15) is 0 Å². The van der Waals surface area contributed by atoms with E-state index in [1.54, 1.807) is 0 Å². The maximum absolute atomic E-state index is 13.0. The predicted molar refractivity (Wildman–Crippen MR) is 67.7 cm³/mol. The molecule has 0 unspecified atom stereocenters. The first kappa shape index (κ1) is 14.6. The molecule has 0 bridgehead atoms. The summed E-state index contributed by atoms with van der Waals surface area (Å²) < 4.78 is 36.2. The van der Waals surface area contributed by atoms with E-state index in [4.69, 9.17) is 9.47 Å². The van der Waals surface area contributed by atoms with Crippen molar-refractivity contribution in [3.8, 4) is 11.5 Å². The Morgan fingerprint density at radius 2 is 1.95 bits per heavy atom. The second-order valence-electron chi connectivity index (χ2n) is 4.85. The van der Waals surface area contributed by atoms with Crippen LogP contribution in [-0.2, 0) is 10.2 Å². The lowest BCUT2D eigenvalue weighted by molar-refractivity contribution is -0.147. The van der Waals surface area contributed by atoms with Gasteiger partial charge < -0.3 is 14.6 Å². The number of hydrogen-bond donors (Lipinski definition) is 1. The second kappa shape index (κ2) is 5.26. The smallest absolute Gasteiger partial charge is 0.314 e. The van der Waals surface area contributed by atoms with Gasteiger partial charge >= 0.3 is 5.97 Å². The van der Waals surface area contributed by atoms with E-state index in [-0.39, 0.29) is 22.6 Å². The number of benzene rings is 1. The minimum Gasteiger partial charge on any atom is -0.493 e. The fourth-order valence-corrected chi connectivity index (χ4v) is 2.60. The van der Waals surface area contributed by atoms with E-state index in [9.17, 15) is 18.7 Å². The molecule has 0 aromatic heterocycles. The van der Waals surface area contributed by atoms with Crippen molar-refractivity contribution in [2.45, 2.75) is 31.1 Å². The number of hydrogen-bond acceptors (Lipinski definition) is 3. The number of carboxylic acids is 1. The Morgan fingerprint density at radius 3 is 2.30 bits per heavy atom. The summed E-state index contributed by atoms with van der Waals surface area (Å²) in [6.07, 6.45) is -1.13. The Bertz CT molecular complexity index is 524. The summed E-state index contributed by atoms with van der Waals surface area (Å²) in [7, 11) is 2.71. The maximum Gasteiger partial charge on any atom is 0.314 e. The number of halogens is 2. The molecule has 1 saturated carbocycles. The van der Waals surface area contributed by atoms with Crippen LogP contribution in [0, 0.1) is 0 Å². The van der Waals surface area contributed by atoms with E-state index in [0.29, 0.717) is 12.8 Å². The Kier molecular flexibility index (Phi) is 3.83. The van der Waals surface area contributed by atoms with E-state index < -0.39 is 17.8 Å². The number of rotatable bonds is 5. The van der Waals surface area contributed by atoms with Crippen molar-refractivity contribution in [1.29, 1.82) is 0 Å². The summed E-state index contributed by atoms with van der Waals surface area (Å²) >= 11 is 0. The lowest BCUT2D eigenvalue weighted by Crippen LogP contribution is -2.42. The first-order chi connectivity index (χ1) is 9.46. The molecule has 0 atom stereocenters. The standard InChI is InChI=1S/C14H16F2O4/c1-19-10-7-8(12(15)16)6-9(11(10)20-2)14(13(17)18)4-3-5-14/h6-7,12H,3-5H2,1-2H3,(H,17,18). The van der Waals surface area contributed by atoms with Gasteiger partial charge in [-0.25, -0.2) is 8.78 Å². The van der Waals surface area contributed by atoms with Gasteiger partial charge in [-0.15, -0.1) is 0 Å². The molecular weight excluding hydrogens is 270 g/mol. The quantitative estimate of drug-likeness (QED) is 0.903. The van der Waals surface area contributed by atoms with Crippen LogP contribution in [0.15, 0.2) is 12.1 Å². The first-order valence-electron chi connectivity index (χ1n) is 6.24. The van der Waals surface area contributed by atoms with Crippen molar-refractivity contribution in [2.75, 3.05) is 14.2 Å². The number of aliphatic carboxylic acids is 1. The molecule has 0 radical (unpaired) electrons. The third-order valence-corrected chi connectivity index (χ3v) is 3.89. The van der Waals surface area contributed by atoms with E-state index in [1.807, 2.05) is 0 Å². The monoisotopic (exact) mass is 286 g/mol. The highest BCUT2D eigenvalue weighted by Gasteiger charge is 2.48. The Balaban J connectivity index is 2.66. The minimum atomic E-state index is -2.69. The van der Waals surface area contributed by atoms with Crippen molar-refractivity contribution in [3.63, 3.8) is 0 Å². The van der Waals surface area contributed by atoms with Crippen LogP contribution in [0.4, 0.5) is 8.78 Å². The summed E-state index contributed by atoms with van der Waals surface area (Å²) in [6.45, 7) is 0. The second-order valence-corrected chi connectivity index (χ2v) is 4.85. The zero-order chi connectivity index (χ0) is 14.9. The lowest BCUT2D eigenvalue weighted by Gasteiger charge is -2.39. The first-order valence-corrected chi connectivity index (χ1v) is 6.24. The van der Waals surface area contributed by atoms with Crippen molar-refractivity contribution in [3.05, 3.63) is 23.3 Å². The van der Waals surface area contributed by atoms with Crippen LogP contribution in [0.3, 0.4) is 0 Å². The van der Waals surface area contributed by atoms with Crippen molar-refractivity contribution < 1.29 is 28.2 Å². The molecule has 1 aliphatic rings. The van der Waals surface area contributed by atoms with Gasteiger partial charge in [-0.3, -0.25) is 4.79 Å². The van der Waals surface area contributed by atoms with Gasteiger partial charge in [-0.05, 0) is 25.0 Å². The van der Waals surface area contributed by atoms with Gasteiger partial charge in [0.15, 0.2) is 11.5 Å². The molecule has 4 nitrogen and oxygen atoms in total.